The van der Waals surface area contributed by atoms with Gasteiger partial charge in [-0.15, -0.1) is 0 Å². The van der Waals surface area contributed by atoms with Gasteiger partial charge in [0.05, 0.1) is 22.7 Å². The van der Waals surface area contributed by atoms with E-state index in [1.54, 1.807) is 30.3 Å². The van der Waals surface area contributed by atoms with Crippen molar-refractivity contribution in [1.29, 1.82) is 0 Å². The Balaban J connectivity index is 1.57. The van der Waals surface area contributed by atoms with Gasteiger partial charge in [-0.2, -0.15) is 5.10 Å². The molecular formula is C16H15Cl2N3O3S2. The molecule has 0 aliphatic carbocycles. The van der Waals surface area contributed by atoms with Gasteiger partial charge in [0, 0.05) is 16.6 Å². The van der Waals surface area contributed by atoms with E-state index >= 15 is 0 Å². The Morgan fingerprint density at radius 2 is 2.12 bits per heavy atom. The zero-order valence-corrected chi connectivity index (χ0v) is 16.6. The topological polar surface area (TPSA) is 83.7 Å². The summed E-state index contributed by atoms with van der Waals surface area (Å²) in [4.78, 5) is 0. The summed E-state index contributed by atoms with van der Waals surface area (Å²) in [5, 5.41) is 8.26. The second kappa shape index (κ2) is 7.96. The van der Waals surface area contributed by atoms with Crippen LogP contribution in [0.25, 0.3) is 11.3 Å². The van der Waals surface area contributed by atoms with Gasteiger partial charge in [0.15, 0.2) is 14.9 Å². The Bertz CT molecular complexity index is 957. The monoisotopic (exact) mass is 431 g/mol. The van der Waals surface area contributed by atoms with Crippen LogP contribution in [0.2, 0.25) is 10.0 Å². The Morgan fingerprint density at radius 1 is 1.31 bits per heavy atom. The molecule has 2 heterocycles. The molecule has 1 aliphatic rings. The molecule has 0 radical (unpaired) electrons. The number of halogens is 2. The summed E-state index contributed by atoms with van der Waals surface area (Å²) in [6.07, 6.45) is 2.00. The van der Waals surface area contributed by atoms with Crippen molar-refractivity contribution in [1.82, 2.24) is 10.7 Å². The third-order valence-electron chi connectivity index (χ3n) is 3.75. The Kier molecular flexibility index (Phi) is 5.86. The fourth-order valence-electron chi connectivity index (χ4n) is 2.53. The molecule has 1 aromatic heterocycles. The van der Waals surface area contributed by atoms with E-state index in [9.17, 15) is 8.42 Å². The molecule has 1 atom stereocenters. The lowest BCUT2D eigenvalue weighted by molar-refractivity contribution is 0.574. The number of furan rings is 1. The van der Waals surface area contributed by atoms with E-state index in [2.05, 4.69) is 15.8 Å². The fourth-order valence-corrected chi connectivity index (χ4v) is 4.81. The zero-order chi connectivity index (χ0) is 18.7. The van der Waals surface area contributed by atoms with E-state index in [1.807, 2.05) is 0 Å². The number of nitrogens with zero attached hydrogens (tertiary/aromatic N) is 1. The second-order valence-electron chi connectivity index (χ2n) is 5.77. The van der Waals surface area contributed by atoms with Crippen molar-refractivity contribution in [2.75, 3.05) is 11.5 Å². The van der Waals surface area contributed by atoms with E-state index in [1.165, 1.54) is 6.21 Å². The minimum Gasteiger partial charge on any atom is -0.455 e. The van der Waals surface area contributed by atoms with Gasteiger partial charge in [0.1, 0.15) is 11.5 Å². The maximum atomic E-state index is 11.4. The van der Waals surface area contributed by atoms with Gasteiger partial charge in [-0.1, -0.05) is 23.2 Å². The second-order valence-corrected chi connectivity index (χ2v) is 9.25. The van der Waals surface area contributed by atoms with Gasteiger partial charge in [-0.25, -0.2) is 8.42 Å². The summed E-state index contributed by atoms with van der Waals surface area (Å²) in [6, 6.07) is 8.43. The summed E-state index contributed by atoms with van der Waals surface area (Å²) in [6.45, 7) is 0. The van der Waals surface area contributed by atoms with Gasteiger partial charge in [-0.05, 0) is 49.0 Å². The van der Waals surface area contributed by atoms with Crippen LogP contribution in [0, 0.1) is 0 Å². The fraction of sp³-hybridized carbons (Fsp3) is 0.250. The first-order valence-corrected chi connectivity index (χ1v) is 10.7. The molecule has 1 unspecified atom stereocenters. The van der Waals surface area contributed by atoms with Crippen molar-refractivity contribution in [2.45, 2.75) is 12.5 Å². The molecule has 1 fully saturated rings. The first-order chi connectivity index (χ1) is 12.3. The van der Waals surface area contributed by atoms with Crippen LogP contribution in [-0.2, 0) is 9.84 Å². The Hall–Kier alpha value is -1.61. The van der Waals surface area contributed by atoms with Crippen LogP contribution in [0.4, 0.5) is 0 Å². The molecule has 1 saturated heterocycles. The number of nitrogens with one attached hydrogen (secondary N) is 2. The maximum Gasteiger partial charge on any atom is 0.187 e. The van der Waals surface area contributed by atoms with E-state index in [4.69, 9.17) is 39.8 Å². The first-order valence-electron chi connectivity index (χ1n) is 7.68. The number of benzene rings is 1. The lowest BCUT2D eigenvalue weighted by Crippen LogP contribution is -2.40. The summed E-state index contributed by atoms with van der Waals surface area (Å²) in [5.41, 5.74) is 3.33. The molecule has 26 heavy (non-hydrogen) atoms. The minimum atomic E-state index is -2.96. The summed E-state index contributed by atoms with van der Waals surface area (Å²) >= 11 is 17.2. The van der Waals surface area contributed by atoms with Crippen LogP contribution in [-0.4, -0.2) is 37.3 Å². The largest absolute Gasteiger partial charge is 0.455 e. The number of thiocarbonyl (C=S) groups is 1. The quantitative estimate of drug-likeness (QED) is 0.439. The van der Waals surface area contributed by atoms with Crippen LogP contribution < -0.4 is 10.7 Å². The highest BCUT2D eigenvalue weighted by Gasteiger charge is 2.28. The highest BCUT2D eigenvalue weighted by Crippen LogP contribution is 2.31. The Morgan fingerprint density at radius 3 is 2.85 bits per heavy atom. The predicted octanol–water partition coefficient (Wildman–Crippen LogP) is 3.24. The van der Waals surface area contributed by atoms with Crippen molar-refractivity contribution < 1.29 is 12.8 Å². The molecule has 0 amide bonds. The normalized spacial score (nSPS) is 18.9. The molecule has 0 bridgehead atoms. The lowest BCUT2D eigenvalue weighted by atomic mass is 10.2. The molecule has 0 spiro atoms. The SMILES string of the molecule is O=S1(=O)CCC(NC(=S)NN=Cc2ccc(-c3cc(Cl)ccc3Cl)o2)C1. The van der Waals surface area contributed by atoms with Crippen LogP contribution >= 0.6 is 35.4 Å². The van der Waals surface area contributed by atoms with Crippen molar-refractivity contribution in [2.24, 2.45) is 5.10 Å². The van der Waals surface area contributed by atoms with Crippen molar-refractivity contribution >= 4 is 56.6 Å². The third kappa shape index (κ3) is 4.97. The Labute approximate surface area is 166 Å². The first kappa shape index (κ1) is 19.2. The van der Waals surface area contributed by atoms with E-state index in [0.29, 0.717) is 33.6 Å². The van der Waals surface area contributed by atoms with Crippen LogP contribution in [0.1, 0.15) is 12.2 Å². The van der Waals surface area contributed by atoms with Crippen LogP contribution in [0.15, 0.2) is 39.9 Å². The predicted molar refractivity (Wildman–Crippen MR) is 108 cm³/mol. The molecule has 6 nitrogen and oxygen atoms in total. The zero-order valence-electron chi connectivity index (χ0n) is 13.4. The molecule has 2 N–H and O–H groups in total. The molecule has 10 heteroatoms. The number of hydrazone groups is 1. The summed E-state index contributed by atoms with van der Waals surface area (Å²) in [5.74, 6) is 1.32. The molecule has 3 rings (SSSR count). The standard InChI is InChI=1S/C16H15Cl2N3O3S2/c17-10-1-3-14(18)13(7-10)15-4-2-12(24-15)8-19-21-16(25)20-11-5-6-26(22,23)9-11/h1-4,7-8,11H,5-6,9H2,(H2,20,21,25). The highest BCUT2D eigenvalue weighted by atomic mass is 35.5. The number of sulfone groups is 1. The van der Waals surface area contributed by atoms with Crippen molar-refractivity contribution in [3.8, 4) is 11.3 Å². The van der Waals surface area contributed by atoms with Gasteiger partial charge in [0.2, 0.25) is 0 Å². The van der Waals surface area contributed by atoms with Gasteiger partial charge < -0.3 is 9.73 Å². The number of rotatable bonds is 4. The molecule has 0 saturated carbocycles. The van der Waals surface area contributed by atoms with Crippen LogP contribution in [0.5, 0.6) is 0 Å². The van der Waals surface area contributed by atoms with Crippen LogP contribution in [0.3, 0.4) is 0 Å². The van der Waals surface area contributed by atoms with Gasteiger partial charge in [-0.3, -0.25) is 5.43 Å². The summed E-state index contributed by atoms with van der Waals surface area (Å²) < 4.78 is 28.5. The van der Waals surface area contributed by atoms with E-state index in [0.717, 1.165) is 0 Å². The molecule has 1 aromatic carbocycles. The van der Waals surface area contributed by atoms with E-state index in [-0.39, 0.29) is 22.7 Å². The molecule has 1 aliphatic heterocycles. The molecular weight excluding hydrogens is 417 g/mol. The average molecular weight is 432 g/mol. The lowest BCUT2D eigenvalue weighted by Gasteiger charge is -2.11. The minimum absolute atomic E-state index is 0.0838. The van der Waals surface area contributed by atoms with Gasteiger partial charge >= 0.3 is 0 Å². The highest BCUT2D eigenvalue weighted by molar-refractivity contribution is 7.91. The number of hydrogen-bond acceptors (Lipinski definition) is 5. The molecule has 138 valence electrons. The van der Waals surface area contributed by atoms with Gasteiger partial charge in [0.25, 0.3) is 0 Å². The maximum absolute atomic E-state index is 11.4. The smallest absolute Gasteiger partial charge is 0.187 e. The van der Waals surface area contributed by atoms with E-state index < -0.39 is 9.84 Å². The summed E-state index contributed by atoms with van der Waals surface area (Å²) in [7, 11) is -2.96. The number of hydrogen-bond donors (Lipinski definition) is 2. The average Bonchev–Trinajstić information content (AvgIpc) is 3.16. The third-order valence-corrected chi connectivity index (χ3v) is 6.29. The van der Waals surface area contributed by atoms with Crippen molar-refractivity contribution in [3.63, 3.8) is 0 Å². The molecule has 2 aromatic rings. The van der Waals surface area contributed by atoms with Crippen molar-refractivity contribution in [3.05, 3.63) is 46.1 Å².